The van der Waals surface area contributed by atoms with Gasteiger partial charge in [-0.25, -0.2) is 0 Å². The highest BCUT2D eigenvalue weighted by atomic mass is 16.3. The van der Waals surface area contributed by atoms with Gasteiger partial charge in [0.1, 0.15) is 0 Å². The van der Waals surface area contributed by atoms with Crippen molar-refractivity contribution in [1.29, 1.82) is 0 Å². The zero-order valence-corrected chi connectivity index (χ0v) is 11.7. The second-order valence-corrected chi connectivity index (χ2v) is 5.72. The van der Waals surface area contributed by atoms with Gasteiger partial charge < -0.3 is 5.11 Å². The summed E-state index contributed by atoms with van der Waals surface area (Å²) in [7, 11) is 0. The molecule has 1 N–H and O–H groups in total. The fraction of sp³-hybridized carbons (Fsp3) is 0.647. The van der Waals surface area contributed by atoms with Crippen molar-refractivity contribution in [2.75, 3.05) is 0 Å². The minimum Gasteiger partial charge on any atom is -0.388 e. The lowest BCUT2D eigenvalue weighted by Gasteiger charge is -2.28. The molecule has 1 fully saturated rings. The third-order valence-corrected chi connectivity index (χ3v) is 4.60. The largest absolute Gasteiger partial charge is 0.388 e. The van der Waals surface area contributed by atoms with E-state index in [9.17, 15) is 5.11 Å². The van der Waals surface area contributed by atoms with Crippen molar-refractivity contribution < 1.29 is 5.11 Å². The van der Waals surface area contributed by atoms with Crippen LogP contribution in [0.15, 0.2) is 24.3 Å². The number of aliphatic hydroxyl groups is 1. The monoisotopic (exact) mass is 246 g/mol. The Morgan fingerprint density at radius 3 is 2.17 bits per heavy atom. The topological polar surface area (TPSA) is 20.2 Å². The maximum Gasteiger partial charge on any atom is 0.0787 e. The first-order valence-corrected chi connectivity index (χ1v) is 7.52. The second-order valence-electron chi connectivity index (χ2n) is 5.72. The molecule has 0 spiro atoms. The zero-order chi connectivity index (χ0) is 13.0. The van der Waals surface area contributed by atoms with Crippen molar-refractivity contribution in [2.24, 2.45) is 5.92 Å². The molecule has 1 nitrogen and oxygen atoms in total. The Hall–Kier alpha value is -0.820. The van der Waals surface area contributed by atoms with Crippen LogP contribution < -0.4 is 0 Å². The van der Waals surface area contributed by atoms with E-state index in [1.54, 1.807) is 0 Å². The Balaban J connectivity index is 1.98. The van der Waals surface area contributed by atoms with Gasteiger partial charge in [0.15, 0.2) is 0 Å². The van der Waals surface area contributed by atoms with Gasteiger partial charge in [-0.1, -0.05) is 44.5 Å². The molecule has 1 aromatic rings. The van der Waals surface area contributed by atoms with Crippen molar-refractivity contribution in [2.45, 2.75) is 64.4 Å². The van der Waals surface area contributed by atoms with E-state index in [4.69, 9.17) is 0 Å². The fourth-order valence-electron chi connectivity index (χ4n) is 3.13. The molecule has 18 heavy (non-hydrogen) atoms. The summed E-state index contributed by atoms with van der Waals surface area (Å²) in [5, 5.41) is 9.80. The fourth-order valence-corrected chi connectivity index (χ4v) is 3.13. The summed E-state index contributed by atoms with van der Waals surface area (Å²) in [4.78, 5) is 0. The van der Waals surface area contributed by atoms with Crippen molar-refractivity contribution in [3.05, 3.63) is 35.4 Å². The van der Waals surface area contributed by atoms with Crippen LogP contribution in [0.3, 0.4) is 0 Å². The molecular weight excluding hydrogens is 220 g/mol. The summed E-state index contributed by atoms with van der Waals surface area (Å²) < 4.78 is 0. The Morgan fingerprint density at radius 2 is 1.67 bits per heavy atom. The van der Waals surface area contributed by atoms with Gasteiger partial charge in [0.25, 0.3) is 0 Å². The van der Waals surface area contributed by atoms with Crippen LogP contribution in [-0.2, 0) is 0 Å². The number of benzene rings is 1. The molecule has 0 heterocycles. The maximum atomic E-state index is 9.80. The van der Waals surface area contributed by atoms with Crippen LogP contribution in [0.1, 0.15) is 75.5 Å². The second kappa shape index (κ2) is 6.38. The molecular formula is C17H26O. The van der Waals surface area contributed by atoms with Crippen LogP contribution in [0.2, 0.25) is 0 Å². The van der Waals surface area contributed by atoms with E-state index in [-0.39, 0.29) is 6.10 Å². The molecule has 1 heteroatoms. The van der Waals surface area contributed by atoms with E-state index < -0.39 is 0 Å². The average molecular weight is 246 g/mol. The minimum absolute atomic E-state index is 0.296. The number of hydrogen-bond donors (Lipinski definition) is 1. The molecule has 0 saturated heterocycles. The summed E-state index contributed by atoms with van der Waals surface area (Å²) in [5.41, 5.74) is 2.53. The molecule has 0 bridgehead atoms. The summed E-state index contributed by atoms with van der Waals surface area (Å²) in [5.74, 6) is 1.71. The van der Waals surface area contributed by atoms with E-state index in [0.29, 0.717) is 0 Å². The maximum absolute atomic E-state index is 9.80. The van der Waals surface area contributed by atoms with Crippen molar-refractivity contribution in [3.8, 4) is 0 Å². The van der Waals surface area contributed by atoms with Gasteiger partial charge in [-0.2, -0.15) is 0 Å². The first-order valence-electron chi connectivity index (χ1n) is 7.52. The molecule has 1 aliphatic rings. The van der Waals surface area contributed by atoms with Gasteiger partial charge >= 0.3 is 0 Å². The Morgan fingerprint density at radius 1 is 1.06 bits per heavy atom. The predicted octanol–water partition coefficient (Wildman–Crippen LogP) is 4.81. The number of rotatable bonds is 4. The molecule has 100 valence electrons. The molecule has 0 radical (unpaired) electrons. The van der Waals surface area contributed by atoms with Gasteiger partial charge in [0.2, 0.25) is 0 Å². The molecule has 0 aliphatic heterocycles. The van der Waals surface area contributed by atoms with Gasteiger partial charge in [-0.05, 0) is 55.1 Å². The van der Waals surface area contributed by atoms with Gasteiger partial charge in [0.05, 0.1) is 6.10 Å². The number of hydrogen-bond acceptors (Lipinski definition) is 1. The van der Waals surface area contributed by atoms with E-state index in [1.165, 1.54) is 37.7 Å². The highest BCUT2D eigenvalue weighted by Gasteiger charge is 2.21. The number of aliphatic hydroxyl groups excluding tert-OH is 1. The molecule has 1 aliphatic carbocycles. The third-order valence-electron chi connectivity index (χ3n) is 4.60. The summed E-state index contributed by atoms with van der Waals surface area (Å²) >= 11 is 0. The van der Waals surface area contributed by atoms with Crippen LogP contribution in [0, 0.1) is 5.92 Å². The first kappa shape index (κ1) is 13.6. The average Bonchev–Trinajstić information content (AvgIpc) is 2.47. The summed E-state index contributed by atoms with van der Waals surface area (Å²) in [6.45, 7) is 4.33. The molecule has 1 aromatic carbocycles. The SMILES string of the molecule is CCC1CCC(c2ccc(C(O)CC)cc2)CC1. The molecule has 1 unspecified atom stereocenters. The molecule has 1 saturated carbocycles. The van der Waals surface area contributed by atoms with E-state index in [1.807, 2.05) is 6.92 Å². The first-order chi connectivity index (χ1) is 8.74. The van der Waals surface area contributed by atoms with Crippen molar-refractivity contribution in [3.63, 3.8) is 0 Å². The van der Waals surface area contributed by atoms with E-state index >= 15 is 0 Å². The normalized spacial score (nSPS) is 25.9. The predicted molar refractivity (Wildman–Crippen MR) is 76.7 cm³/mol. The Kier molecular flexibility index (Phi) is 4.82. The lowest BCUT2D eigenvalue weighted by molar-refractivity contribution is 0.173. The van der Waals surface area contributed by atoms with Crippen LogP contribution >= 0.6 is 0 Å². The van der Waals surface area contributed by atoms with E-state index in [2.05, 4.69) is 31.2 Å². The van der Waals surface area contributed by atoms with Crippen LogP contribution in [-0.4, -0.2) is 5.11 Å². The lowest BCUT2D eigenvalue weighted by atomic mass is 9.78. The molecule has 1 atom stereocenters. The lowest BCUT2D eigenvalue weighted by Crippen LogP contribution is -2.12. The standard InChI is InChI=1S/C17H26O/c1-3-13-5-7-14(8-6-13)15-9-11-16(12-10-15)17(18)4-2/h9-14,17-18H,3-8H2,1-2H3. The Bertz CT molecular complexity index is 346. The van der Waals surface area contributed by atoms with Gasteiger partial charge in [-0.15, -0.1) is 0 Å². The van der Waals surface area contributed by atoms with Crippen LogP contribution in [0.4, 0.5) is 0 Å². The third kappa shape index (κ3) is 3.14. The van der Waals surface area contributed by atoms with Crippen molar-refractivity contribution in [1.82, 2.24) is 0 Å². The minimum atomic E-state index is -0.296. The molecule has 0 aromatic heterocycles. The van der Waals surface area contributed by atoms with Crippen molar-refractivity contribution >= 4 is 0 Å². The smallest absolute Gasteiger partial charge is 0.0787 e. The Labute approximate surface area is 111 Å². The zero-order valence-electron chi connectivity index (χ0n) is 11.7. The summed E-state index contributed by atoms with van der Waals surface area (Å²) in [6.07, 6.45) is 7.30. The van der Waals surface area contributed by atoms with Crippen LogP contribution in [0.25, 0.3) is 0 Å². The highest BCUT2D eigenvalue weighted by molar-refractivity contribution is 5.27. The van der Waals surface area contributed by atoms with Crippen LogP contribution in [0.5, 0.6) is 0 Å². The van der Waals surface area contributed by atoms with E-state index in [0.717, 1.165) is 23.8 Å². The quantitative estimate of drug-likeness (QED) is 0.808. The van der Waals surface area contributed by atoms with Gasteiger partial charge in [-0.3, -0.25) is 0 Å². The summed E-state index contributed by atoms with van der Waals surface area (Å²) in [6, 6.07) is 8.67. The molecule has 0 amide bonds. The molecule has 2 rings (SSSR count). The highest BCUT2D eigenvalue weighted by Crippen LogP contribution is 2.37. The van der Waals surface area contributed by atoms with Gasteiger partial charge in [0, 0.05) is 0 Å².